The molecule has 0 bridgehead atoms. The van der Waals surface area contributed by atoms with Crippen LogP contribution in [0.25, 0.3) is 0 Å². The molecule has 0 N–H and O–H groups in total. The first kappa shape index (κ1) is 16.8. The molecule has 4 heavy (non-hydrogen) atoms. The average Bonchev–Trinajstić information content (AvgIpc) is 1.00. The van der Waals surface area contributed by atoms with E-state index in [1.165, 1.54) is 0 Å². The van der Waals surface area contributed by atoms with Gasteiger partial charge in [0.25, 0.3) is 0 Å². The summed E-state index contributed by atoms with van der Waals surface area (Å²) in [5.41, 5.74) is 0. The predicted molar refractivity (Wildman–Crippen MR) is 6.44 cm³/mol. The molecule has 0 aromatic heterocycles. The van der Waals surface area contributed by atoms with Crippen LogP contribution >= 0.6 is 0 Å². The normalized spacial score (nSPS) is 1.00. The minimum absolute atomic E-state index is 0. The molecule has 1 nitrogen and oxygen atoms in total. The van der Waals surface area contributed by atoms with Crippen LogP contribution in [0, 0.1) is 0 Å². The molecule has 0 spiro atoms. The van der Waals surface area contributed by atoms with Gasteiger partial charge in [0.15, 0.2) is 0 Å². The average molecular weight is 462 g/mol. The second-order valence-electron chi connectivity index (χ2n) is 0. The molecular weight excluding hydrogens is 462 g/mol. The first-order valence-corrected chi connectivity index (χ1v) is 1.36. The van der Waals surface area contributed by atoms with Crippen LogP contribution < -0.4 is 0 Å². The van der Waals surface area contributed by atoms with Gasteiger partial charge in [-0.05, 0) is 0 Å². The van der Waals surface area contributed by atoms with E-state index in [-0.39, 0.29) is 44.4 Å². The van der Waals surface area contributed by atoms with Gasteiger partial charge in [-0.2, -0.15) is 0 Å². The molecule has 0 aliphatic carbocycles. The molecule has 0 aliphatic heterocycles. The Balaban J connectivity index is -0.00000000500. The van der Waals surface area contributed by atoms with Gasteiger partial charge in [0, 0.05) is 44.4 Å². The smallest absolute Gasteiger partial charge is 0 e. The van der Waals surface area contributed by atoms with Crippen LogP contribution in [0.1, 0.15) is 0 Å². The second-order valence-corrected chi connectivity index (χ2v) is 0. The van der Waals surface area contributed by atoms with Crippen molar-refractivity contribution in [1.82, 2.24) is 0 Å². The predicted octanol–water partition coefficient (Wildman–Crippen LogP) is -0.505. The molecule has 0 unspecified atom stereocenters. The van der Waals surface area contributed by atoms with Gasteiger partial charge in [-0.3, -0.25) is 0 Å². The molecule has 5 radical (unpaired) electrons. The van der Waals surface area contributed by atoms with Crippen LogP contribution in [-0.4, -0.2) is 27.3 Å². The SMILES string of the molecule is [Mn].[O]=[W].[Pb]. The largest absolute Gasteiger partial charge is 0 e. The topological polar surface area (TPSA) is 17.1 Å². The van der Waals surface area contributed by atoms with E-state index in [9.17, 15) is 0 Å². The van der Waals surface area contributed by atoms with Crippen LogP contribution in [0.3, 0.4) is 0 Å². The third-order valence-corrected chi connectivity index (χ3v) is 0. The Morgan fingerprint density at radius 1 is 1.25 bits per heavy atom. The Morgan fingerprint density at radius 2 is 1.25 bits per heavy atom. The molecule has 0 atom stereocenters. The zero-order valence-electron chi connectivity index (χ0n) is 1.69. The first-order chi connectivity index (χ1) is 1.00. The Hall–Kier alpha value is 1.93. The van der Waals surface area contributed by atoms with Crippen LogP contribution in [0.5, 0.6) is 0 Å². The molecule has 0 fully saturated rings. The number of hydrogen-bond donors (Lipinski definition) is 0. The van der Waals surface area contributed by atoms with E-state index in [1.54, 1.807) is 0 Å². The zero-order valence-corrected chi connectivity index (χ0v) is 9.70. The molecule has 0 aliphatic rings. The monoisotopic (exact) mass is 463 g/mol. The van der Waals surface area contributed by atoms with Crippen LogP contribution in [0.2, 0.25) is 0 Å². The Morgan fingerprint density at radius 3 is 1.25 bits per heavy atom. The van der Waals surface area contributed by atoms with Crippen molar-refractivity contribution < 1.29 is 40.2 Å². The quantitative estimate of drug-likeness (QED) is 0.444. The van der Waals surface area contributed by atoms with Gasteiger partial charge >= 0.3 is 23.2 Å². The maximum atomic E-state index is 8.33. The molecule has 4 heteroatoms. The molecule has 0 aromatic carbocycles. The first-order valence-electron chi connectivity index (χ1n) is 0.167. The van der Waals surface area contributed by atoms with Gasteiger partial charge < -0.3 is 0 Å². The van der Waals surface area contributed by atoms with Crippen molar-refractivity contribution in [2.24, 2.45) is 0 Å². The van der Waals surface area contributed by atoms with Crippen molar-refractivity contribution >= 4 is 27.3 Å². The summed E-state index contributed by atoms with van der Waals surface area (Å²) in [5, 5.41) is 0. The van der Waals surface area contributed by atoms with Crippen molar-refractivity contribution in [1.29, 1.82) is 0 Å². The van der Waals surface area contributed by atoms with E-state index in [0.717, 1.165) is 0 Å². The van der Waals surface area contributed by atoms with Crippen molar-refractivity contribution in [3.05, 3.63) is 0 Å². The molecule has 0 saturated carbocycles. The van der Waals surface area contributed by atoms with E-state index in [0.29, 0.717) is 19.8 Å². The van der Waals surface area contributed by atoms with Gasteiger partial charge in [0.2, 0.25) is 0 Å². The summed E-state index contributed by atoms with van der Waals surface area (Å²) in [4.78, 5) is 0. The van der Waals surface area contributed by atoms with Gasteiger partial charge in [-0.25, -0.2) is 0 Å². The van der Waals surface area contributed by atoms with E-state index in [2.05, 4.69) is 0 Å². The molecular formula is MnOPbW. The summed E-state index contributed by atoms with van der Waals surface area (Å²) in [5.74, 6) is 0. The van der Waals surface area contributed by atoms with Crippen molar-refractivity contribution in [2.75, 3.05) is 0 Å². The molecule has 0 amide bonds. The maximum Gasteiger partial charge on any atom is 0 e. The van der Waals surface area contributed by atoms with Gasteiger partial charge in [-0.15, -0.1) is 0 Å². The number of hydrogen-bond acceptors (Lipinski definition) is 1. The summed E-state index contributed by atoms with van der Waals surface area (Å²) in [7, 11) is 0. The van der Waals surface area contributed by atoms with E-state index in [1.807, 2.05) is 0 Å². The Bertz CT molecular complexity index is 8.00. The van der Waals surface area contributed by atoms with Gasteiger partial charge in [-0.1, -0.05) is 0 Å². The fourth-order valence-electron chi connectivity index (χ4n) is 0. The fourth-order valence-corrected chi connectivity index (χ4v) is 0. The summed E-state index contributed by atoms with van der Waals surface area (Å²) < 4.78 is 8.33. The summed E-state index contributed by atoms with van der Waals surface area (Å²) in [6.45, 7) is 0. The minimum atomic E-state index is 0. The Kier molecular flexibility index (Phi) is 85.8. The molecule has 0 rings (SSSR count). The molecule has 0 heterocycles. The van der Waals surface area contributed by atoms with E-state index in [4.69, 9.17) is 3.40 Å². The van der Waals surface area contributed by atoms with Crippen molar-refractivity contribution in [3.63, 3.8) is 0 Å². The molecule has 23 valence electrons. The van der Waals surface area contributed by atoms with Crippen LogP contribution in [0.4, 0.5) is 0 Å². The van der Waals surface area contributed by atoms with Crippen LogP contribution in [-0.2, 0) is 40.2 Å². The fraction of sp³-hybridized carbons (Fsp3) is 0. The zero-order chi connectivity index (χ0) is 2.00. The third-order valence-electron chi connectivity index (χ3n) is 0. The second kappa shape index (κ2) is 20.4. The van der Waals surface area contributed by atoms with E-state index < -0.39 is 0 Å². The summed E-state index contributed by atoms with van der Waals surface area (Å²) in [6.07, 6.45) is 0. The molecule has 0 aromatic rings. The van der Waals surface area contributed by atoms with Gasteiger partial charge in [0.1, 0.15) is 0 Å². The molecule has 0 saturated heterocycles. The van der Waals surface area contributed by atoms with Crippen molar-refractivity contribution in [3.8, 4) is 0 Å². The summed E-state index contributed by atoms with van der Waals surface area (Å²) in [6, 6.07) is 0. The third kappa shape index (κ3) is 9.06. The number of rotatable bonds is 0. The maximum absolute atomic E-state index is 8.33. The van der Waals surface area contributed by atoms with Gasteiger partial charge in [0.05, 0.1) is 0 Å². The Labute approximate surface area is 66.7 Å². The standard InChI is InChI=1S/Mn.O.Pb.W. The van der Waals surface area contributed by atoms with Crippen molar-refractivity contribution in [2.45, 2.75) is 0 Å². The van der Waals surface area contributed by atoms with E-state index >= 15 is 0 Å². The summed E-state index contributed by atoms with van der Waals surface area (Å²) >= 11 is 0.333. The minimum Gasteiger partial charge on any atom is 0 e. The van der Waals surface area contributed by atoms with Crippen LogP contribution in [0.15, 0.2) is 0 Å².